The molecule has 0 unspecified atom stereocenters. The lowest BCUT2D eigenvalue weighted by Crippen LogP contribution is -2.44. The summed E-state index contributed by atoms with van der Waals surface area (Å²) in [6, 6.07) is 15.0. The molecular weight excluding hydrogens is 525 g/mol. The van der Waals surface area contributed by atoms with Crippen molar-refractivity contribution < 1.29 is 28.2 Å². The van der Waals surface area contributed by atoms with E-state index in [1.165, 1.54) is 12.1 Å². The molecule has 1 fully saturated rings. The number of methoxy groups -OCH3 is 1. The number of pyridine rings is 1. The summed E-state index contributed by atoms with van der Waals surface area (Å²) in [5.41, 5.74) is 1.85. The van der Waals surface area contributed by atoms with Gasteiger partial charge in [0.1, 0.15) is 11.4 Å². The monoisotopic (exact) mass is 563 g/mol. The van der Waals surface area contributed by atoms with Crippen molar-refractivity contribution in [2.24, 2.45) is 0 Å². The normalized spacial score (nSPS) is 13.3. The van der Waals surface area contributed by atoms with Crippen LogP contribution in [0.15, 0.2) is 54.6 Å². The van der Waals surface area contributed by atoms with E-state index >= 15 is 0 Å². The van der Waals surface area contributed by atoms with E-state index in [-0.39, 0.29) is 17.8 Å². The fourth-order valence-corrected chi connectivity index (χ4v) is 4.15. The lowest BCUT2D eigenvalue weighted by Gasteiger charge is -2.29. The summed E-state index contributed by atoms with van der Waals surface area (Å²) in [4.78, 5) is 30.3. The van der Waals surface area contributed by atoms with Crippen molar-refractivity contribution in [3.8, 4) is 22.8 Å². The SMILES string of the molecule is COc1cc(C(=O)NCCc2cc(C(C)(C)NC(=O)OC(C)(C)C)cc(-c3ccc(F)cc3)n2)ccc1OC1CC1. The Labute approximate surface area is 240 Å². The molecule has 0 bridgehead atoms. The van der Waals surface area contributed by atoms with Crippen LogP contribution in [0.4, 0.5) is 9.18 Å². The van der Waals surface area contributed by atoms with Crippen molar-refractivity contribution in [3.05, 3.63) is 77.2 Å². The number of nitrogens with zero attached hydrogens (tertiary/aromatic N) is 1. The van der Waals surface area contributed by atoms with Crippen LogP contribution in [0.3, 0.4) is 0 Å². The van der Waals surface area contributed by atoms with E-state index in [0.717, 1.165) is 24.0 Å². The van der Waals surface area contributed by atoms with Crippen molar-refractivity contribution >= 4 is 12.0 Å². The molecule has 1 aromatic heterocycles. The standard InChI is InChI=1S/C32H38FN3O5/c1-31(2,3)41-30(38)36-32(4,5)22-18-24(35-26(19-22)20-7-10-23(33)11-8-20)15-16-34-29(37)21-9-14-27(28(17-21)39-6)40-25-12-13-25/h7-11,14,17-19,25H,12-13,15-16H2,1-6H3,(H,34,37)(H,36,38). The second-order valence-corrected chi connectivity index (χ2v) is 11.7. The van der Waals surface area contributed by atoms with Gasteiger partial charge in [0.2, 0.25) is 0 Å². The zero-order valence-corrected chi connectivity index (χ0v) is 24.5. The minimum absolute atomic E-state index is 0.218. The number of nitrogens with one attached hydrogen (secondary N) is 2. The first-order valence-electron chi connectivity index (χ1n) is 13.7. The average Bonchev–Trinajstić information content (AvgIpc) is 3.71. The molecule has 0 saturated heterocycles. The number of ether oxygens (including phenoxy) is 3. The molecule has 0 atom stereocenters. The number of alkyl carbamates (subject to hydrolysis) is 1. The number of rotatable bonds is 10. The predicted octanol–water partition coefficient (Wildman–Crippen LogP) is 6.17. The van der Waals surface area contributed by atoms with Gasteiger partial charge in [-0.15, -0.1) is 0 Å². The van der Waals surface area contributed by atoms with Crippen LogP contribution in [0.5, 0.6) is 11.5 Å². The van der Waals surface area contributed by atoms with E-state index in [0.29, 0.717) is 41.4 Å². The second-order valence-electron chi connectivity index (χ2n) is 11.7. The molecule has 8 nitrogen and oxygen atoms in total. The number of aromatic nitrogens is 1. The molecule has 9 heteroatoms. The van der Waals surface area contributed by atoms with Gasteiger partial charge in [-0.1, -0.05) is 0 Å². The third kappa shape index (κ3) is 8.42. The van der Waals surface area contributed by atoms with Crippen LogP contribution < -0.4 is 20.1 Å². The summed E-state index contributed by atoms with van der Waals surface area (Å²) in [6.07, 6.45) is 2.16. The topological polar surface area (TPSA) is 98.8 Å². The largest absolute Gasteiger partial charge is 0.493 e. The molecule has 0 radical (unpaired) electrons. The minimum Gasteiger partial charge on any atom is -0.493 e. The van der Waals surface area contributed by atoms with E-state index in [1.807, 2.05) is 26.0 Å². The number of benzene rings is 2. The number of amides is 2. The van der Waals surface area contributed by atoms with Gasteiger partial charge < -0.3 is 24.8 Å². The van der Waals surface area contributed by atoms with Crippen LogP contribution in [-0.4, -0.2) is 42.3 Å². The molecule has 1 saturated carbocycles. The van der Waals surface area contributed by atoms with Gasteiger partial charge in [-0.2, -0.15) is 0 Å². The molecule has 0 aliphatic heterocycles. The molecule has 1 aliphatic carbocycles. The van der Waals surface area contributed by atoms with Crippen molar-refractivity contribution in [1.29, 1.82) is 0 Å². The molecule has 0 spiro atoms. The highest BCUT2D eigenvalue weighted by molar-refractivity contribution is 5.94. The van der Waals surface area contributed by atoms with Crippen molar-refractivity contribution in [2.45, 2.75) is 71.1 Å². The number of hydrogen-bond acceptors (Lipinski definition) is 6. The van der Waals surface area contributed by atoms with Gasteiger partial charge in [-0.3, -0.25) is 9.78 Å². The Hall–Kier alpha value is -4.14. The molecule has 2 aromatic carbocycles. The molecule has 3 aromatic rings. The summed E-state index contributed by atoms with van der Waals surface area (Å²) >= 11 is 0. The molecule has 4 rings (SSSR count). The first-order valence-corrected chi connectivity index (χ1v) is 13.7. The lowest BCUT2D eigenvalue weighted by atomic mass is 9.92. The lowest BCUT2D eigenvalue weighted by molar-refractivity contribution is 0.0470. The molecule has 2 amide bonds. The zero-order chi connectivity index (χ0) is 29.8. The minimum atomic E-state index is -0.807. The third-order valence-corrected chi connectivity index (χ3v) is 6.46. The molecule has 2 N–H and O–H groups in total. The summed E-state index contributed by atoms with van der Waals surface area (Å²) in [7, 11) is 1.55. The summed E-state index contributed by atoms with van der Waals surface area (Å²) < 4.78 is 30.3. The van der Waals surface area contributed by atoms with Crippen molar-refractivity contribution in [1.82, 2.24) is 15.6 Å². The predicted molar refractivity (Wildman–Crippen MR) is 155 cm³/mol. The Bertz CT molecular complexity index is 1400. The Balaban J connectivity index is 1.51. The van der Waals surface area contributed by atoms with Gasteiger partial charge in [-0.05, 0) is 108 Å². The summed E-state index contributed by atoms with van der Waals surface area (Å²) in [6.45, 7) is 9.47. The summed E-state index contributed by atoms with van der Waals surface area (Å²) in [5.74, 6) is 0.553. The Morgan fingerprint density at radius 2 is 1.68 bits per heavy atom. The average molecular weight is 564 g/mol. The molecular formula is C32H38FN3O5. The maximum atomic E-state index is 13.6. The summed E-state index contributed by atoms with van der Waals surface area (Å²) in [5, 5.41) is 5.87. The smallest absolute Gasteiger partial charge is 0.408 e. The highest BCUT2D eigenvalue weighted by Gasteiger charge is 2.28. The van der Waals surface area contributed by atoms with Crippen LogP contribution >= 0.6 is 0 Å². The Morgan fingerprint density at radius 1 is 0.976 bits per heavy atom. The highest BCUT2D eigenvalue weighted by atomic mass is 19.1. The highest BCUT2D eigenvalue weighted by Crippen LogP contribution is 2.34. The van der Waals surface area contributed by atoms with Gasteiger partial charge in [0.15, 0.2) is 11.5 Å². The van der Waals surface area contributed by atoms with Gasteiger partial charge >= 0.3 is 6.09 Å². The van der Waals surface area contributed by atoms with E-state index in [1.54, 1.807) is 58.2 Å². The van der Waals surface area contributed by atoms with E-state index in [2.05, 4.69) is 10.6 Å². The van der Waals surface area contributed by atoms with Crippen molar-refractivity contribution in [2.75, 3.05) is 13.7 Å². The van der Waals surface area contributed by atoms with E-state index in [9.17, 15) is 14.0 Å². The first-order chi connectivity index (χ1) is 19.3. The fraction of sp³-hybridized carbons (Fsp3) is 0.406. The van der Waals surface area contributed by atoms with Gasteiger partial charge in [-0.25, -0.2) is 9.18 Å². The van der Waals surface area contributed by atoms with Crippen LogP contribution in [0, 0.1) is 5.82 Å². The maximum Gasteiger partial charge on any atom is 0.408 e. The van der Waals surface area contributed by atoms with Gasteiger partial charge in [0, 0.05) is 29.8 Å². The number of hydrogen-bond donors (Lipinski definition) is 2. The van der Waals surface area contributed by atoms with Crippen LogP contribution in [0.2, 0.25) is 0 Å². The molecule has 41 heavy (non-hydrogen) atoms. The van der Waals surface area contributed by atoms with Crippen molar-refractivity contribution in [3.63, 3.8) is 0 Å². The van der Waals surface area contributed by atoms with Crippen LogP contribution in [0.1, 0.15) is 69.1 Å². The quantitative estimate of drug-likeness (QED) is 0.306. The molecule has 1 heterocycles. The fourth-order valence-electron chi connectivity index (χ4n) is 4.15. The number of carbonyl (C=O) groups excluding carboxylic acids is 2. The van der Waals surface area contributed by atoms with Gasteiger partial charge in [0.25, 0.3) is 5.91 Å². The molecule has 218 valence electrons. The second kappa shape index (κ2) is 12.2. The van der Waals surface area contributed by atoms with E-state index in [4.69, 9.17) is 19.2 Å². The zero-order valence-electron chi connectivity index (χ0n) is 24.5. The first kappa shape index (κ1) is 29.8. The Morgan fingerprint density at radius 3 is 2.32 bits per heavy atom. The van der Waals surface area contributed by atoms with E-state index < -0.39 is 17.2 Å². The maximum absolute atomic E-state index is 13.6. The third-order valence-electron chi connectivity index (χ3n) is 6.46. The Kier molecular flexibility index (Phi) is 8.85. The van der Waals surface area contributed by atoms with Crippen LogP contribution in [0.25, 0.3) is 11.3 Å². The van der Waals surface area contributed by atoms with Gasteiger partial charge in [0.05, 0.1) is 24.4 Å². The van der Waals surface area contributed by atoms with Crippen LogP contribution in [-0.2, 0) is 16.7 Å². The number of carbonyl (C=O) groups is 2. The number of halogens is 1. The molecule has 1 aliphatic rings.